The number of carbonyl (C=O) groups is 1. The third-order valence-electron chi connectivity index (χ3n) is 2.08. The van der Waals surface area contributed by atoms with Crippen LogP contribution in [0.5, 0.6) is 0 Å². The number of amides is 1. The molecular weight excluding hydrogens is 226 g/mol. The summed E-state index contributed by atoms with van der Waals surface area (Å²) in [7, 11) is 3.30. The Bertz CT molecular complexity index is 585. The van der Waals surface area contributed by atoms with Crippen LogP contribution in [-0.2, 0) is 0 Å². The number of H-pyrrole nitrogens is 1. The van der Waals surface area contributed by atoms with Crippen molar-refractivity contribution in [3.8, 4) is 0 Å². The predicted molar refractivity (Wildman–Crippen MR) is 64.6 cm³/mol. The molecule has 0 radical (unpaired) electrons. The molecular formula is C10H11N3O2S. The molecule has 2 aromatic rings. The average Bonchev–Trinajstić information content (AvgIpc) is 2.55. The summed E-state index contributed by atoms with van der Waals surface area (Å²) in [6.45, 7) is 0. The maximum atomic E-state index is 11.6. The molecule has 0 bridgehead atoms. The van der Waals surface area contributed by atoms with E-state index >= 15 is 0 Å². The second-order valence-corrected chi connectivity index (χ2v) is 4.39. The fourth-order valence-electron chi connectivity index (χ4n) is 1.28. The predicted octanol–water partition coefficient (Wildman–Crippen LogP) is 1.51. The van der Waals surface area contributed by atoms with E-state index in [1.165, 1.54) is 8.87 Å². The molecule has 0 unspecified atom stereocenters. The van der Waals surface area contributed by atoms with Crippen LogP contribution in [0.25, 0.3) is 11.0 Å². The van der Waals surface area contributed by atoms with Crippen molar-refractivity contribution in [2.45, 2.75) is 0 Å². The Morgan fingerprint density at radius 3 is 2.75 bits per heavy atom. The zero-order valence-corrected chi connectivity index (χ0v) is 9.75. The van der Waals surface area contributed by atoms with E-state index in [-0.39, 0.29) is 10.9 Å². The smallest absolute Gasteiger partial charge is 0.337 e. The first-order valence-electron chi connectivity index (χ1n) is 4.69. The molecule has 0 spiro atoms. The Balaban J connectivity index is 2.48. The van der Waals surface area contributed by atoms with Gasteiger partial charge in [-0.25, -0.2) is 8.77 Å². The SMILES string of the molecule is CN(C)C(=O)Sn1c(=O)[nH]c2ccccc21. The minimum atomic E-state index is -0.290. The highest BCUT2D eigenvalue weighted by Crippen LogP contribution is 2.16. The molecule has 0 atom stereocenters. The molecule has 0 fully saturated rings. The molecule has 1 aromatic carbocycles. The number of hydrogen-bond donors (Lipinski definition) is 1. The van der Waals surface area contributed by atoms with E-state index in [4.69, 9.17) is 0 Å². The van der Waals surface area contributed by atoms with Gasteiger partial charge in [-0.05, 0) is 12.1 Å². The quantitative estimate of drug-likeness (QED) is 0.817. The maximum Gasteiger partial charge on any atom is 0.337 e. The van der Waals surface area contributed by atoms with Crippen molar-refractivity contribution in [1.82, 2.24) is 13.9 Å². The molecule has 5 nitrogen and oxygen atoms in total. The molecule has 0 saturated heterocycles. The molecule has 1 amide bonds. The van der Waals surface area contributed by atoms with Crippen molar-refractivity contribution >= 4 is 28.2 Å². The van der Waals surface area contributed by atoms with Crippen LogP contribution in [0.2, 0.25) is 0 Å². The topological polar surface area (TPSA) is 58.1 Å². The monoisotopic (exact) mass is 237 g/mol. The Labute approximate surface area is 96.2 Å². The van der Waals surface area contributed by atoms with Gasteiger partial charge in [0.2, 0.25) is 0 Å². The number of imidazole rings is 1. The van der Waals surface area contributed by atoms with Gasteiger partial charge in [-0.15, -0.1) is 0 Å². The standard InChI is InChI=1S/C10H11N3O2S/c1-12(2)10(15)16-13-8-6-4-3-5-7(8)11-9(13)14/h3-6H,1-2H3,(H,11,14). The van der Waals surface area contributed by atoms with Gasteiger partial charge in [-0.1, -0.05) is 12.1 Å². The summed E-state index contributed by atoms with van der Waals surface area (Å²) in [5.74, 6) is 0. The van der Waals surface area contributed by atoms with Crippen LogP contribution in [0.4, 0.5) is 4.79 Å². The zero-order valence-electron chi connectivity index (χ0n) is 8.93. The number of carbonyl (C=O) groups excluding carboxylic acids is 1. The fraction of sp³-hybridized carbons (Fsp3) is 0.200. The second-order valence-electron chi connectivity index (χ2n) is 3.49. The van der Waals surface area contributed by atoms with Gasteiger partial charge in [-0.2, -0.15) is 0 Å². The van der Waals surface area contributed by atoms with Crippen LogP contribution in [0, 0.1) is 0 Å². The van der Waals surface area contributed by atoms with Gasteiger partial charge in [-0.3, -0.25) is 4.79 Å². The summed E-state index contributed by atoms with van der Waals surface area (Å²) >= 11 is 0.874. The van der Waals surface area contributed by atoms with Crippen molar-refractivity contribution in [3.63, 3.8) is 0 Å². The maximum absolute atomic E-state index is 11.6. The Kier molecular flexibility index (Phi) is 2.74. The number of nitrogens with one attached hydrogen (secondary N) is 1. The minimum Gasteiger partial charge on any atom is -0.338 e. The van der Waals surface area contributed by atoms with Crippen LogP contribution in [0.15, 0.2) is 29.1 Å². The van der Waals surface area contributed by atoms with E-state index in [0.717, 1.165) is 17.5 Å². The minimum absolute atomic E-state index is 0.188. The number of fused-ring (bicyclic) bond motifs is 1. The lowest BCUT2D eigenvalue weighted by molar-refractivity contribution is 0.241. The van der Waals surface area contributed by atoms with Crippen molar-refractivity contribution < 1.29 is 4.79 Å². The zero-order chi connectivity index (χ0) is 11.7. The molecule has 84 valence electrons. The van der Waals surface area contributed by atoms with Crippen molar-refractivity contribution in [3.05, 3.63) is 34.7 Å². The molecule has 16 heavy (non-hydrogen) atoms. The number of benzene rings is 1. The van der Waals surface area contributed by atoms with Crippen LogP contribution >= 0.6 is 11.9 Å². The molecule has 0 saturated carbocycles. The van der Waals surface area contributed by atoms with Gasteiger partial charge in [0.25, 0.3) is 0 Å². The normalized spacial score (nSPS) is 10.6. The Hall–Kier alpha value is -1.69. The third kappa shape index (κ3) is 1.83. The lowest BCUT2D eigenvalue weighted by Gasteiger charge is -2.08. The van der Waals surface area contributed by atoms with E-state index in [0.29, 0.717) is 5.52 Å². The van der Waals surface area contributed by atoms with Crippen molar-refractivity contribution in [2.24, 2.45) is 0 Å². The molecule has 1 heterocycles. The van der Waals surface area contributed by atoms with E-state index in [2.05, 4.69) is 4.98 Å². The summed E-state index contributed by atoms with van der Waals surface area (Å²) in [5, 5.41) is -0.188. The molecule has 0 aliphatic rings. The number of aromatic nitrogens is 2. The molecule has 6 heteroatoms. The van der Waals surface area contributed by atoms with Crippen molar-refractivity contribution in [2.75, 3.05) is 14.1 Å². The van der Waals surface area contributed by atoms with Gasteiger partial charge < -0.3 is 9.88 Å². The highest BCUT2D eigenvalue weighted by atomic mass is 32.2. The van der Waals surface area contributed by atoms with Gasteiger partial charge in [0, 0.05) is 14.1 Å². The first-order valence-corrected chi connectivity index (χ1v) is 5.46. The number of aromatic amines is 1. The molecule has 0 aliphatic heterocycles. The number of rotatable bonds is 1. The first-order chi connectivity index (χ1) is 7.59. The van der Waals surface area contributed by atoms with Gasteiger partial charge in [0.05, 0.1) is 23.0 Å². The number of hydrogen-bond acceptors (Lipinski definition) is 3. The summed E-state index contributed by atoms with van der Waals surface area (Å²) in [5.41, 5.74) is 1.15. The molecule has 1 N–H and O–H groups in total. The Morgan fingerprint density at radius 2 is 2.06 bits per heavy atom. The van der Waals surface area contributed by atoms with Crippen LogP contribution in [0.1, 0.15) is 0 Å². The highest BCUT2D eigenvalue weighted by Gasteiger charge is 2.12. The molecule has 2 rings (SSSR count). The Morgan fingerprint density at radius 1 is 1.38 bits per heavy atom. The number of para-hydroxylation sites is 2. The largest absolute Gasteiger partial charge is 0.338 e. The summed E-state index contributed by atoms with van der Waals surface area (Å²) < 4.78 is 1.36. The summed E-state index contributed by atoms with van der Waals surface area (Å²) in [6, 6.07) is 7.25. The summed E-state index contributed by atoms with van der Waals surface area (Å²) in [4.78, 5) is 27.3. The summed E-state index contributed by atoms with van der Waals surface area (Å²) in [6.07, 6.45) is 0. The van der Waals surface area contributed by atoms with Crippen LogP contribution in [0.3, 0.4) is 0 Å². The lowest BCUT2D eigenvalue weighted by atomic mass is 10.3. The lowest BCUT2D eigenvalue weighted by Crippen LogP contribution is -2.21. The second kappa shape index (κ2) is 4.05. The van der Waals surface area contributed by atoms with E-state index in [9.17, 15) is 9.59 Å². The molecule has 1 aromatic heterocycles. The third-order valence-corrected chi connectivity index (χ3v) is 3.15. The average molecular weight is 237 g/mol. The number of nitrogens with zero attached hydrogens (tertiary/aromatic N) is 2. The van der Waals surface area contributed by atoms with Gasteiger partial charge in [0.1, 0.15) is 0 Å². The van der Waals surface area contributed by atoms with E-state index in [1.807, 2.05) is 12.1 Å². The van der Waals surface area contributed by atoms with Gasteiger partial charge in [0.15, 0.2) is 0 Å². The fourth-order valence-corrected chi connectivity index (χ4v) is 1.99. The van der Waals surface area contributed by atoms with E-state index in [1.54, 1.807) is 26.2 Å². The van der Waals surface area contributed by atoms with Gasteiger partial charge >= 0.3 is 10.9 Å². The van der Waals surface area contributed by atoms with Crippen LogP contribution in [-0.4, -0.2) is 33.2 Å². The van der Waals surface area contributed by atoms with Crippen molar-refractivity contribution in [1.29, 1.82) is 0 Å². The van der Waals surface area contributed by atoms with Crippen LogP contribution < -0.4 is 5.69 Å². The first kappa shape index (κ1) is 10.8. The van der Waals surface area contributed by atoms with E-state index < -0.39 is 0 Å². The highest BCUT2D eigenvalue weighted by molar-refractivity contribution is 8.12. The molecule has 0 aliphatic carbocycles.